The first-order chi connectivity index (χ1) is 14.6. The number of carbonyl (C=O) groups is 1. The molecule has 0 aliphatic carbocycles. The number of likely N-dealkylation sites (tertiary alicyclic amines) is 1. The summed E-state index contributed by atoms with van der Waals surface area (Å²) in [4.78, 5) is 14.8. The Morgan fingerprint density at radius 2 is 1.65 bits per heavy atom. The molecule has 166 valence electrons. The number of benzene rings is 2. The molecule has 31 heavy (non-hydrogen) atoms. The smallest absolute Gasteiger partial charge is 0.253 e. The van der Waals surface area contributed by atoms with Crippen LogP contribution in [0.2, 0.25) is 0 Å². The molecule has 2 heterocycles. The van der Waals surface area contributed by atoms with Crippen molar-refractivity contribution in [3.63, 3.8) is 0 Å². The number of rotatable bonds is 3. The zero-order valence-electron chi connectivity index (χ0n) is 18.0. The highest BCUT2D eigenvalue weighted by Crippen LogP contribution is 2.38. The van der Waals surface area contributed by atoms with Crippen molar-refractivity contribution in [3.8, 4) is 0 Å². The lowest BCUT2D eigenvalue weighted by Crippen LogP contribution is -2.55. The second kappa shape index (κ2) is 8.00. The number of hydrogen-bond donors (Lipinski definition) is 0. The van der Waals surface area contributed by atoms with E-state index in [9.17, 15) is 17.6 Å². The van der Waals surface area contributed by atoms with Gasteiger partial charge in [-0.1, -0.05) is 17.2 Å². The molecule has 2 fully saturated rings. The van der Waals surface area contributed by atoms with Gasteiger partial charge in [-0.3, -0.25) is 4.79 Å². The fraction of sp³-hybridized carbons (Fsp3) is 0.435. The number of ether oxygens (including phenoxy) is 1. The zero-order chi connectivity index (χ0) is 22.4. The number of carbonyl (C=O) groups excluding carboxylic acids is 1. The Morgan fingerprint density at radius 1 is 1.00 bits per heavy atom. The van der Waals surface area contributed by atoms with Crippen molar-refractivity contribution in [3.05, 3.63) is 64.5 Å². The molecule has 2 aromatic carbocycles. The molecular formula is C23H27FN2O4S. The number of nitrogens with zero attached hydrogens (tertiary/aromatic N) is 2. The number of halogens is 1. The van der Waals surface area contributed by atoms with Gasteiger partial charge in [-0.25, -0.2) is 12.8 Å². The Labute approximate surface area is 182 Å². The topological polar surface area (TPSA) is 66.9 Å². The van der Waals surface area contributed by atoms with Crippen molar-refractivity contribution in [1.82, 2.24) is 9.21 Å². The van der Waals surface area contributed by atoms with Gasteiger partial charge >= 0.3 is 0 Å². The SMILES string of the molecule is Cc1cc(C)cc(C(=O)N2CCC3(CC2)OCCN3S(=O)(=O)c2ccc(F)c(C)c2)c1. The summed E-state index contributed by atoms with van der Waals surface area (Å²) in [5, 5.41) is 0. The van der Waals surface area contributed by atoms with E-state index in [4.69, 9.17) is 4.74 Å². The predicted molar refractivity (Wildman–Crippen MR) is 115 cm³/mol. The van der Waals surface area contributed by atoms with E-state index in [1.54, 1.807) is 11.8 Å². The van der Waals surface area contributed by atoms with Gasteiger partial charge in [0.15, 0.2) is 0 Å². The minimum Gasteiger partial charge on any atom is -0.358 e. The monoisotopic (exact) mass is 446 g/mol. The Hall–Kier alpha value is -2.29. The molecule has 2 aliphatic heterocycles. The van der Waals surface area contributed by atoms with Gasteiger partial charge in [-0.05, 0) is 56.7 Å². The van der Waals surface area contributed by atoms with Crippen LogP contribution in [0.3, 0.4) is 0 Å². The van der Waals surface area contributed by atoms with Gasteiger partial charge < -0.3 is 9.64 Å². The summed E-state index contributed by atoms with van der Waals surface area (Å²) in [6.45, 7) is 6.80. The molecule has 0 bridgehead atoms. The lowest BCUT2D eigenvalue weighted by atomic mass is 9.99. The van der Waals surface area contributed by atoms with Gasteiger partial charge in [-0.15, -0.1) is 0 Å². The van der Waals surface area contributed by atoms with Crippen LogP contribution < -0.4 is 0 Å². The van der Waals surface area contributed by atoms with Crippen LogP contribution in [0.5, 0.6) is 0 Å². The molecule has 2 saturated heterocycles. The van der Waals surface area contributed by atoms with Crippen LogP contribution >= 0.6 is 0 Å². The Balaban J connectivity index is 1.54. The molecule has 0 N–H and O–H groups in total. The second-order valence-electron chi connectivity index (χ2n) is 8.45. The van der Waals surface area contributed by atoms with E-state index < -0.39 is 21.6 Å². The molecule has 0 atom stereocenters. The molecule has 0 aromatic heterocycles. The molecule has 2 aliphatic rings. The Morgan fingerprint density at radius 3 is 2.26 bits per heavy atom. The molecule has 8 heteroatoms. The van der Waals surface area contributed by atoms with Crippen molar-refractivity contribution < 1.29 is 22.3 Å². The molecule has 6 nitrogen and oxygen atoms in total. The van der Waals surface area contributed by atoms with E-state index in [1.165, 1.54) is 22.5 Å². The highest BCUT2D eigenvalue weighted by Gasteiger charge is 2.51. The second-order valence-corrected chi connectivity index (χ2v) is 10.3. The number of sulfonamides is 1. The normalized spacial score (nSPS) is 19.2. The summed E-state index contributed by atoms with van der Waals surface area (Å²) in [6.07, 6.45) is 0.784. The zero-order valence-corrected chi connectivity index (χ0v) is 18.8. The highest BCUT2D eigenvalue weighted by molar-refractivity contribution is 7.89. The molecule has 1 spiro atoms. The van der Waals surface area contributed by atoms with Crippen LogP contribution in [0.15, 0.2) is 41.3 Å². The summed E-state index contributed by atoms with van der Waals surface area (Å²) in [6, 6.07) is 9.60. The summed E-state index contributed by atoms with van der Waals surface area (Å²) < 4.78 is 47.7. The van der Waals surface area contributed by atoms with E-state index in [1.807, 2.05) is 32.0 Å². The molecule has 0 radical (unpaired) electrons. The van der Waals surface area contributed by atoms with Gasteiger partial charge in [0.1, 0.15) is 11.5 Å². The van der Waals surface area contributed by atoms with Gasteiger partial charge in [-0.2, -0.15) is 4.31 Å². The van der Waals surface area contributed by atoms with E-state index in [2.05, 4.69) is 0 Å². The average Bonchev–Trinajstić information content (AvgIpc) is 3.13. The maximum absolute atomic E-state index is 13.7. The third-order valence-corrected chi connectivity index (χ3v) is 8.08. The van der Waals surface area contributed by atoms with E-state index in [0.29, 0.717) is 38.1 Å². The molecular weight excluding hydrogens is 419 g/mol. The van der Waals surface area contributed by atoms with Gasteiger partial charge in [0, 0.05) is 38.0 Å². The Bertz CT molecular complexity index is 1100. The van der Waals surface area contributed by atoms with Crippen molar-refractivity contribution >= 4 is 15.9 Å². The van der Waals surface area contributed by atoms with Crippen molar-refractivity contribution in [2.45, 2.75) is 44.2 Å². The van der Waals surface area contributed by atoms with Gasteiger partial charge in [0.2, 0.25) is 10.0 Å². The number of hydrogen-bond acceptors (Lipinski definition) is 4. The lowest BCUT2D eigenvalue weighted by Gasteiger charge is -2.42. The van der Waals surface area contributed by atoms with E-state index in [0.717, 1.165) is 11.1 Å². The number of amides is 1. The van der Waals surface area contributed by atoms with Crippen LogP contribution in [-0.2, 0) is 14.8 Å². The number of piperidine rings is 1. The third kappa shape index (κ3) is 4.00. The Kier molecular flexibility index (Phi) is 5.66. The van der Waals surface area contributed by atoms with Crippen LogP contribution in [-0.4, -0.2) is 55.5 Å². The lowest BCUT2D eigenvalue weighted by molar-refractivity contribution is -0.0857. The van der Waals surface area contributed by atoms with Crippen LogP contribution in [0, 0.1) is 26.6 Å². The fourth-order valence-electron chi connectivity index (χ4n) is 4.57. The fourth-order valence-corrected chi connectivity index (χ4v) is 6.38. The standard InChI is InChI=1S/C23H27FN2O4S/c1-16-12-17(2)14-19(13-16)22(27)25-8-6-23(7-9-25)26(10-11-30-23)31(28,29)20-4-5-21(24)18(3)15-20/h4-5,12-15H,6-11H2,1-3H3. The molecule has 4 rings (SSSR count). The van der Waals surface area contributed by atoms with Gasteiger partial charge in [0.05, 0.1) is 11.5 Å². The molecule has 2 aromatic rings. The van der Waals surface area contributed by atoms with Gasteiger partial charge in [0.25, 0.3) is 5.91 Å². The predicted octanol–water partition coefficient (Wildman–Crippen LogP) is 3.40. The summed E-state index contributed by atoms with van der Waals surface area (Å²) in [5.74, 6) is -0.493. The summed E-state index contributed by atoms with van der Waals surface area (Å²) in [5.41, 5.74) is 2.02. The molecule has 1 amide bonds. The maximum Gasteiger partial charge on any atom is 0.253 e. The number of aryl methyl sites for hydroxylation is 3. The van der Waals surface area contributed by atoms with Crippen molar-refractivity contribution in [2.75, 3.05) is 26.2 Å². The third-order valence-electron chi connectivity index (χ3n) is 6.14. The first kappa shape index (κ1) is 21.9. The van der Waals surface area contributed by atoms with E-state index in [-0.39, 0.29) is 22.9 Å². The van der Waals surface area contributed by atoms with Crippen molar-refractivity contribution in [2.24, 2.45) is 0 Å². The quantitative estimate of drug-likeness (QED) is 0.725. The summed E-state index contributed by atoms with van der Waals surface area (Å²) in [7, 11) is -3.85. The van der Waals surface area contributed by atoms with E-state index >= 15 is 0 Å². The van der Waals surface area contributed by atoms with Crippen molar-refractivity contribution in [1.29, 1.82) is 0 Å². The summed E-state index contributed by atoms with van der Waals surface area (Å²) >= 11 is 0. The van der Waals surface area contributed by atoms with Crippen LogP contribution in [0.1, 0.15) is 39.9 Å². The largest absolute Gasteiger partial charge is 0.358 e. The minimum absolute atomic E-state index is 0.0526. The average molecular weight is 447 g/mol. The van der Waals surface area contributed by atoms with Crippen LogP contribution in [0.4, 0.5) is 4.39 Å². The minimum atomic E-state index is -3.85. The van der Waals surface area contributed by atoms with Crippen LogP contribution in [0.25, 0.3) is 0 Å². The first-order valence-electron chi connectivity index (χ1n) is 10.4. The highest BCUT2D eigenvalue weighted by atomic mass is 32.2. The molecule has 0 unspecified atom stereocenters. The maximum atomic E-state index is 13.7. The first-order valence-corrected chi connectivity index (χ1v) is 11.9. The molecule has 0 saturated carbocycles.